The Bertz CT molecular complexity index is 625. The van der Waals surface area contributed by atoms with Gasteiger partial charge in [-0.3, -0.25) is 0 Å². The number of rotatable bonds is 2. The number of hydrogen-bond donors (Lipinski definition) is 0. The molecule has 0 N–H and O–H groups in total. The minimum atomic E-state index is 0.786. The number of hydrogen-bond acceptors (Lipinski definition) is 3. The third-order valence-electron chi connectivity index (χ3n) is 2.61. The van der Waals surface area contributed by atoms with Gasteiger partial charge in [-0.1, -0.05) is 6.07 Å². The zero-order valence-electron chi connectivity index (χ0n) is 10.3. The Balaban J connectivity index is 2.04. The molecule has 0 bridgehead atoms. The quantitative estimate of drug-likeness (QED) is 0.687. The van der Waals surface area contributed by atoms with Crippen molar-refractivity contribution in [2.75, 3.05) is 0 Å². The van der Waals surface area contributed by atoms with E-state index >= 15 is 0 Å². The zero-order chi connectivity index (χ0) is 12.5. The van der Waals surface area contributed by atoms with Crippen LogP contribution in [0.15, 0.2) is 43.0 Å². The Kier molecular flexibility index (Phi) is 2.44. The van der Waals surface area contributed by atoms with Crippen LogP contribution in [-0.4, -0.2) is 24.5 Å². The third-order valence-corrected chi connectivity index (χ3v) is 2.61. The molecule has 0 radical (unpaired) electrons. The van der Waals surface area contributed by atoms with Gasteiger partial charge in [-0.25, -0.2) is 14.3 Å². The molecule has 5 nitrogen and oxygen atoms in total. The van der Waals surface area contributed by atoms with Crippen LogP contribution in [-0.2, 0) is 0 Å². The molecule has 90 valence electrons. The largest absolute Gasteiger partial charge is 0.222 e. The molecule has 0 saturated carbocycles. The highest BCUT2D eigenvalue weighted by Gasteiger charge is 2.03. The summed E-state index contributed by atoms with van der Waals surface area (Å²) in [6.07, 6.45) is 7.51. The molecule has 0 atom stereocenters. The van der Waals surface area contributed by atoms with Gasteiger partial charge >= 0.3 is 0 Å². The van der Waals surface area contributed by atoms with Crippen LogP contribution in [0.1, 0.15) is 11.1 Å². The number of aryl methyl sites for hydroxylation is 2. The van der Waals surface area contributed by atoms with E-state index < -0.39 is 0 Å². The smallest absolute Gasteiger partial charge is 0.155 e. The molecule has 0 aliphatic carbocycles. The first kappa shape index (κ1) is 10.7. The van der Waals surface area contributed by atoms with E-state index in [9.17, 15) is 0 Å². The molecule has 0 unspecified atom stereocenters. The van der Waals surface area contributed by atoms with Crippen molar-refractivity contribution in [3.63, 3.8) is 0 Å². The normalized spacial score (nSPS) is 10.8. The molecule has 3 rings (SSSR count). The summed E-state index contributed by atoms with van der Waals surface area (Å²) in [5, 5.41) is 8.50. The highest BCUT2D eigenvalue weighted by Crippen LogP contribution is 2.09. The molecule has 5 heteroatoms. The fraction of sp³-hybridized carbons (Fsp3) is 0.154. The highest BCUT2D eigenvalue weighted by molar-refractivity contribution is 5.31. The second kappa shape index (κ2) is 4.10. The summed E-state index contributed by atoms with van der Waals surface area (Å²) in [4.78, 5) is 4.54. The standard InChI is InChI=1S/C13H13N5/c1-10-6-14-17(8-10)12-4-3-5-13(16-12)18-9-11(2)7-15-18/h3-9H,1-2H3. The van der Waals surface area contributed by atoms with Crippen LogP contribution >= 0.6 is 0 Å². The van der Waals surface area contributed by atoms with Gasteiger partial charge < -0.3 is 0 Å². The van der Waals surface area contributed by atoms with E-state index in [4.69, 9.17) is 0 Å². The van der Waals surface area contributed by atoms with E-state index in [2.05, 4.69) is 15.2 Å². The van der Waals surface area contributed by atoms with E-state index in [0.717, 1.165) is 22.8 Å². The minimum absolute atomic E-state index is 0.786. The van der Waals surface area contributed by atoms with Crippen LogP contribution < -0.4 is 0 Å². The summed E-state index contributed by atoms with van der Waals surface area (Å²) in [5.74, 6) is 1.57. The molecule has 3 aromatic rings. The summed E-state index contributed by atoms with van der Waals surface area (Å²) in [7, 11) is 0. The average Bonchev–Trinajstić information content (AvgIpc) is 2.98. The second-order valence-corrected chi connectivity index (χ2v) is 4.28. The number of aromatic nitrogens is 5. The van der Waals surface area contributed by atoms with Crippen LogP contribution in [0, 0.1) is 13.8 Å². The van der Waals surface area contributed by atoms with E-state index in [-0.39, 0.29) is 0 Å². The average molecular weight is 239 g/mol. The molecule has 0 spiro atoms. The van der Waals surface area contributed by atoms with E-state index in [1.165, 1.54) is 0 Å². The first-order valence-corrected chi connectivity index (χ1v) is 5.73. The molecule has 0 aliphatic heterocycles. The van der Waals surface area contributed by atoms with Gasteiger partial charge in [0, 0.05) is 12.4 Å². The number of pyridine rings is 1. The maximum Gasteiger partial charge on any atom is 0.155 e. The monoisotopic (exact) mass is 239 g/mol. The van der Waals surface area contributed by atoms with Crippen molar-refractivity contribution in [1.82, 2.24) is 24.5 Å². The molecule has 0 saturated heterocycles. The van der Waals surface area contributed by atoms with Gasteiger partial charge in [0.1, 0.15) is 0 Å². The Hall–Kier alpha value is -2.43. The summed E-state index contributed by atoms with van der Waals surface area (Å²) in [6.45, 7) is 4.01. The summed E-state index contributed by atoms with van der Waals surface area (Å²) in [6, 6.07) is 5.80. The van der Waals surface area contributed by atoms with Gasteiger partial charge in [-0.05, 0) is 37.1 Å². The van der Waals surface area contributed by atoms with Crippen molar-refractivity contribution >= 4 is 0 Å². The Morgan fingerprint density at radius 1 is 0.833 bits per heavy atom. The molecular formula is C13H13N5. The van der Waals surface area contributed by atoms with Crippen LogP contribution in [0.4, 0.5) is 0 Å². The molecule has 3 aromatic heterocycles. The highest BCUT2D eigenvalue weighted by atomic mass is 15.3. The SMILES string of the molecule is Cc1cnn(-c2cccc(-n3cc(C)cn3)n2)c1. The zero-order valence-corrected chi connectivity index (χ0v) is 10.3. The van der Waals surface area contributed by atoms with Gasteiger partial charge in [0.25, 0.3) is 0 Å². The maximum absolute atomic E-state index is 4.54. The van der Waals surface area contributed by atoms with Crippen LogP contribution in [0.3, 0.4) is 0 Å². The topological polar surface area (TPSA) is 48.5 Å². The Labute approximate surface area is 105 Å². The lowest BCUT2D eigenvalue weighted by molar-refractivity contribution is 0.803. The third kappa shape index (κ3) is 1.90. The van der Waals surface area contributed by atoms with Crippen LogP contribution in [0.5, 0.6) is 0 Å². The van der Waals surface area contributed by atoms with Crippen LogP contribution in [0.25, 0.3) is 11.6 Å². The molecule has 0 fully saturated rings. The minimum Gasteiger partial charge on any atom is -0.222 e. The predicted molar refractivity (Wildman–Crippen MR) is 68.0 cm³/mol. The van der Waals surface area contributed by atoms with Crippen molar-refractivity contribution in [2.45, 2.75) is 13.8 Å². The molecule has 0 aliphatic rings. The van der Waals surface area contributed by atoms with Gasteiger partial charge in [-0.15, -0.1) is 0 Å². The first-order valence-electron chi connectivity index (χ1n) is 5.73. The van der Waals surface area contributed by atoms with Gasteiger partial charge in [-0.2, -0.15) is 10.2 Å². The molecule has 3 heterocycles. The van der Waals surface area contributed by atoms with Crippen molar-refractivity contribution < 1.29 is 0 Å². The lowest BCUT2D eigenvalue weighted by Crippen LogP contribution is -2.03. The second-order valence-electron chi connectivity index (χ2n) is 4.28. The first-order chi connectivity index (χ1) is 8.72. The van der Waals surface area contributed by atoms with E-state index in [1.54, 1.807) is 9.36 Å². The summed E-state index contributed by atoms with van der Waals surface area (Å²) < 4.78 is 3.52. The van der Waals surface area contributed by atoms with Gasteiger partial charge in [0.05, 0.1) is 12.4 Å². The fourth-order valence-corrected chi connectivity index (χ4v) is 1.74. The predicted octanol–water partition coefficient (Wildman–Crippen LogP) is 2.07. The molecule has 0 aromatic carbocycles. The van der Waals surface area contributed by atoms with Crippen molar-refractivity contribution in [2.24, 2.45) is 0 Å². The Morgan fingerprint density at radius 3 is 1.72 bits per heavy atom. The van der Waals surface area contributed by atoms with Crippen molar-refractivity contribution in [3.05, 3.63) is 54.1 Å². The Morgan fingerprint density at radius 2 is 1.33 bits per heavy atom. The summed E-state index contributed by atoms with van der Waals surface area (Å²) >= 11 is 0. The molecule has 18 heavy (non-hydrogen) atoms. The maximum atomic E-state index is 4.54. The van der Waals surface area contributed by atoms with Gasteiger partial charge in [0.2, 0.25) is 0 Å². The molecular weight excluding hydrogens is 226 g/mol. The van der Waals surface area contributed by atoms with Gasteiger partial charge in [0.15, 0.2) is 11.6 Å². The molecule has 0 amide bonds. The number of nitrogens with zero attached hydrogens (tertiary/aromatic N) is 5. The summed E-state index contributed by atoms with van der Waals surface area (Å²) in [5.41, 5.74) is 2.22. The van der Waals surface area contributed by atoms with Crippen molar-refractivity contribution in [3.8, 4) is 11.6 Å². The lowest BCUT2D eigenvalue weighted by atomic mass is 10.4. The lowest BCUT2D eigenvalue weighted by Gasteiger charge is -2.04. The fourth-order valence-electron chi connectivity index (χ4n) is 1.74. The van der Waals surface area contributed by atoms with Crippen LogP contribution in [0.2, 0.25) is 0 Å². The van der Waals surface area contributed by atoms with E-state index in [0.29, 0.717) is 0 Å². The van der Waals surface area contributed by atoms with E-state index in [1.807, 2.05) is 56.8 Å². The van der Waals surface area contributed by atoms with Crippen molar-refractivity contribution in [1.29, 1.82) is 0 Å².